The second-order valence-electron chi connectivity index (χ2n) is 0.500. The summed E-state index contributed by atoms with van der Waals surface area (Å²) in [5.41, 5.74) is 0. The van der Waals surface area contributed by atoms with E-state index in [9.17, 15) is 0 Å². The van der Waals surface area contributed by atoms with Crippen molar-refractivity contribution in [3.8, 4) is 0 Å². The standard InChI is InChI=1S/Ca.Mg.O4Si.Zr/c;;1-5(2,3)4;/q2*+2;-4;. The maximum absolute atomic E-state index is 8.58. The van der Waals surface area contributed by atoms with Gasteiger partial charge in [0.25, 0.3) is 0 Å². The van der Waals surface area contributed by atoms with Gasteiger partial charge in [0.05, 0.1) is 0 Å². The third kappa shape index (κ3) is 64.7. The Kier molecular flexibility index (Phi) is 28.0. The molecule has 0 aromatic heterocycles. The molecule has 0 spiro atoms. The molecule has 0 amide bonds. The van der Waals surface area contributed by atoms with Crippen LogP contribution >= 0.6 is 0 Å². The first-order valence-electron chi connectivity index (χ1n) is 0.816. The third-order valence-electron chi connectivity index (χ3n) is 0. The van der Waals surface area contributed by atoms with E-state index in [0.29, 0.717) is 0 Å². The van der Waals surface area contributed by atoms with Crippen molar-refractivity contribution in [1.29, 1.82) is 0 Å². The fraction of sp³-hybridized carbons (Fsp3) is 0. The Morgan fingerprint density at radius 3 is 0.875 bits per heavy atom. The van der Waals surface area contributed by atoms with Crippen molar-refractivity contribution >= 4 is 69.8 Å². The summed E-state index contributed by atoms with van der Waals surface area (Å²) in [7, 11) is -5.61. The number of hydrogen-bond acceptors (Lipinski definition) is 4. The molecule has 8 heteroatoms. The van der Waals surface area contributed by atoms with E-state index >= 15 is 0 Å². The van der Waals surface area contributed by atoms with Crippen molar-refractivity contribution in [1.82, 2.24) is 0 Å². The molecule has 0 N–H and O–H groups in total. The van der Waals surface area contributed by atoms with Gasteiger partial charge in [0, 0.05) is 26.2 Å². The largest absolute Gasteiger partial charge is 2.00 e. The van der Waals surface area contributed by atoms with E-state index in [4.69, 9.17) is 19.2 Å². The second-order valence-corrected chi connectivity index (χ2v) is 1.50. The maximum atomic E-state index is 8.58. The van der Waals surface area contributed by atoms with Crippen LogP contribution < -0.4 is 19.2 Å². The van der Waals surface area contributed by atoms with E-state index in [1.807, 2.05) is 0 Å². The Morgan fingerprint density at radius 2 is 0.875 bits per heavy atom. The number of hydrogen-bond donors (Lipinski definition) is 0. The van der Waals surface area contributed by atoms with Gasteiger partial charge in [-0.3, -0.25) is 0 Å². The Hall–Kier alpha value is 2.97. The van der Waals surface area contributed by atoms with Gasteiger partial charge in [0.1, 0.15) is 0 Å². The summed E-state index contributed by atoms with van der Waals surface area (Å²) in [6.07, 6.45) is 0. The summed E-state index contributed by atoms with van der Waals surface area (Å²) < 4.78 is 0. The van der Waals surface area contributed by atoms with E-state index in [2.05, 4.69) is 0 Å². The predicted molar refractivity (Wildman–Crippen MR) is 17.3 cm³/mol. The zero-order valence-corrected chi connectivity index (χ0v) is 11.1. The molecule has 0 atom stereocenters. The molecule has 0 bridgehead atoms. The molecule has 4 nitrogen and oxygen atoms in total. The normalized spacial score (nSPS) is 7.50. The summed E-state index contributed by atoms with van der Waals surface area (Å²) >= 11 is 0. The van der Waals surface area contributed by atoms with Gasteiger partial charge < -0.3 is 28.2 Å². The minimum absolute atomic E-state index is 0. The summed E-state index contributed by atoms with van der Waals surface area (Å²) in [5.74, 6) is 0. The molecule has 0 saturated carbocycles. The second kappa shape index (κ2) is 9.97. The zero-order chi connectivity index (χ0) is 4.50. The van der Waals surface area contributed by atoms with Gasteiger partial charge in [-0.1, -0.05) is 0 Å². The first-order chi connectivity index (χ1) is 2.00. The van der Waals surface area contributed by atoms with Crippen molar-refractivity contribution in [2.24, 2.45) is 0 Å². The van der Waals surface area contributed by atoms with E-state index in [1.165, 1.54) is 0 Å². The molecular formula is CaMgO4SiZr. The molecule has 0 heterocycles. The van der Waals surface area contributed by atoms with Crippen molar-refractivity contribution in [3.05, 3.63) is 0 Å². The first-order valence-corrected chi connectivity index (χ1v) is 2.45. The van der Waals surface area contributed by atoms with Gasteiger partial charge in [-0.05, 0) is 0 Å². The predicted octanol–water partition coefficient (Wildman–Crippen LogP) is -5.90. The SMILES string of the molecule is [Ca+2].[Mg+2].[O-][Si]([O-])([O-])[O-].[Zr]. The topological polar surface area (TPSA) is 92.2 Å². The van der Waals surface area contributed by atoms with Crippen LogP contribution in [-0.4, -0.2) is 69.8 Å². The van der Waals surface area contributed by atoms with Gasteiger partial charge in [0.15, 0.2) is 0 Å². The van der Waals surface area contributed by atoms with Crippen molar-refractivity contribution in [2.45, 2.75) is 0 Å². The smallest absolute Gasteiger partial charge is 0.894 e. The van der Waals surface area contributed by atoms with Gasteiger partial charge in [-0.2, -0.15) is 0 Å². The molecule has 36 valence electrons. The van der Waals surface area contributed by atoms with Crippen molar-refractivity contribution < 1.29 is 45.4 Å². The molecule has 0 aromatic rings. The van der Waals surface area contributed by atoms with Crippen LogP contribution in [0, 0.1) is 0 Å². The molecule has 0 aliphatic heterocycles. The minimum atomic E-state index is -5.61. The minimum Gasteiger partial charge on any atom is -0.894 e. The van der Waals surface area contributed by atoms with Crippen LogP contribution in [0.4, 0.5) is 0 Å². The molecule has 0 aliphatic carbocycles. The quantitative estimate of drug-likeness (QED) is 0.399. The molecule has 0 saturated heterocycles. The van der Waals surface area contributed by atoms with E-state index in [-0.39, 0.29) is 87.0 Å². The van der Waals surface area contributed by atoms with Crippen molar-refractivity contribution in [3.63, 3.8) is 0 Å². The van der Waals surface area contributed by atoms with Gasteiger partial charge in [0.2, 0.25) is 0 Å². The Labute approximate surface area is 113 Å². The molecule has 0 radical (unpaired) electrons. The molecule has 0 unspecified atom stereocenters. The third-order valence-corrected chi connectivity index (χ3v) is 0. The van der Waals surface area contributed by atoms with E-state index < -0.39 is 9.05 Å². The average Bonchev–Trinajstić information content (AvgIpc) is 0.722. The maximum Gasteiger partial charge on any atom is 2.00 e. The molecule has 0 rings (SSSR count). The van der Waals surface area contributed by atoms with Gasteiger partial charge in [-0.25, -0.2) is 0 Å². The summed E-state index contributed by atoms with van der Waals surface area (Å²) in [5, 5.41) is 0. The molecule has 0 aromatic carbocycles. The van der Waals surface area contributed by atoms with Crippen LogP contribution in [0.1, 0.15) is 0 Å². The summed E-state index contributed by atoms with van der Waals surface area (Å²) in [4.78, 5) is 34.3. The van der Waals surface area contributed by atoms with Gasteiger partial charge in [-0.15, -0.1) is 0 Å². The zero-order valence-electron chi connectivity index (χ0n) is 4.05. The van der Waals surface area contributed by atoms with E-state index in [0.717, 1.165) is 0 Å². The fourth-order valence-electron chi connectivity index (χ4n) is 0. The Bertz CT molecular complexity index is 31.5. The molecule has 0 aliphatic rings. The van der Waals surface area contributed by atoms with Crippen LogP contribution in [-0.2, 0) is 26.2 Å². The average molecular weight is 248 g/mol. The van der Waals surface area contributed by atoms with Crippen molar-refractivity contribution in [2.75, 3.05) is 0 Å². The van der Waals surface area contributed by atoms with Crippen LogP contribution in [0.25, 0.3) is 0 Å². The number of rotatable bonds is 0. The first kappa shape index (κ1) is 22.4. The monoisotopic (exact) mass is 246 g/mol. The van der Waals surface area contributed by atoms with Crippen LogP contribution in [0.2, 0.25) is 0 Å². The molecule has 0 fully saturated rings. The Balaban J connectivity index is -0.0000000267. The summed E-state index contributed by atoms with van der Waals surface area (Å²) in [6.45, 7) is 0. The van der Waals surface area contributed by atoms with Gasteiger partial charge >= 0.3 is 60.8 Å². The molecule has 8 heavy (non-hydrogen) atoms. The van der Waals surface area contributed by atoms with Crippen LogP contribution in [0.15, 0.2) is 0 Å². The van der Waals surface area contributed by atoms with E-state index in [1.54, 1.807) is 0 Å². The van der Waals surface area contributed by atoms with Crippen LogP contribution in [0.3, 0.4) is 0 Å². The fourth-order valence-corrected chi connectivity index (χ4v) is 0. The van der Waals surface area contributed by atoms with Crippen LogP contribution in [0.5, 0.6) is 0 Å². The summed E-state index contributed by atoms with van der Waals surface area (Å²) in [6, 6.07) is 0. The molecular weight excluding hydrogens is 248 g/mol. The Morgan fingerprint density at radius 1 is 0.875 bits per heavy atom.